The van der Waals surface area contributed by atoms with E-state index >= 15 is 0 Å². The highest BCUT2D eigenvalue weighted by atomic mass is 32.1. The Morgan fingerprint density at radius 1 is 1.44 bits per heavy atom. The first-order valence-corrected chi connectivity index (χ1v) is 6.61. The standard InChI is InChI=1S/C12H21N3S/c1-4-9(3)15-12(13)14-8-11-7-6-10(5-2)16-11/h6-7,9H,4-5,8H2,1-3H3,(H3,13,14,15). The van der Waals surface area contributed by atoms with Gasteiger partial charge in [0.15, 0.2) is 5.96 Å². The third kappa shape index (κ3) is 4.23. The first-order valence-electron chi connectivity index (χ1n) is 5.79. The van der Waals surface area contributed by atoms with Crippen molar-refractivity contribution in [2.75, 3.05) is 0 Å². The lowest BCUT2D eigenvalue weighted by molar-refractivity contribution is 0.636. The Labute approximate surface area is 102 Å². The van der Waals surface area contributed by atoms with E-state index in [4.69, 9.17) is 5.73 Å². The fraction of sp³-hybridized carbons (Fsp3) is 0.583. The molecule has 0 aliphatic rings. The van der Waals surface area contributed by atoms with Gasteiger partial charge >= 0.3 is 0 Å². The Hall–Kier alpha value is -1.03. The molecule has 1 rings (SSSR count). The van der Waals surface area contributed by atoms with Gasteiger partial charge in [-0.05, 0) is 31.9 Å². The fourth-order valence-corrected chi connectivity index (χ4v) is 2.14. The van der Waals surface area contributed by atoms with Gasteiger partial charge in [0.1, 0.15) is 0 Å². The van der Waals surface area contributed by atoms with Gasteiger partial charge in [-0.2, -0.15) is 0 Å². The highest BCUT2D eigenvalue weighted by molar-refractivity contribution is 7.11. The van der Waals surface area contributed by atoms with E-state index in [0.717, 1.165) is 12.8 Å². The van der Waals surface area contributed by atoms with Crippen molar-refractivity contribution in [1.82, 2.24) is 5.32 Å². The summed E-state index contributed by atoms with van der Waals surface area (Å²) in [6.45, 7) is 7.07. The van der Waals surface area contributed by atoms with Crippen molar-refractivity contribution in [3.63, 3.8) is 0 Å². The van der Waals surface area contributed by atoms with Crippen LogP contribution in [0.1, 0.15) is 36.9 Å². The third-order valence-electron chi connectivity index (χ3n) is 2.48. The smallest absolute Gasteiger partial charge is 0.189 e. The molecule has 4 heteroatoms. The summed E-state index contributed by atoms with van der Waals surface area (Å²) >= 11 is 1.81. The molecule has 0 fully saturated rings. The molecule has 0 saturated carbocycles. The molecule has 0 radical (unpaired) electrons. The number of guanidine groups is 1. The second-order valence-electron chi connectivity index (χ2n) is 3.88. The molecular formula is C12H21N3S. The summed E-state index contributed by atoms with van der Waals surface area (Å²) in [6.07, 6.45) is 2.14. The van der Waals surface area contributed by atoms with Gasteiger partial charge in [0.05, 0.1) is 6.54 Å². The van der Waals surface area contributed by atoms with Crippen LogP contribution in [-0.4, -0.2) is 12.0 Å². The predicted molar refractivity (Wildman–Crippen MR) is 71.9 cm³/mol. The Morgan fingerprint density at radius 3 is 2.69 bits per heavy atom. The van der Waals surface area contributed by atoms with E-state index in [1.807, 2.05) is 11.3 Å². The number of nitrogens with zero attached hydrogens (tertiary/aromatic N) is 1. The number of nitrogens with one attached hydrogen (secondary N) is 1. The molecule has 0 spiro atoms. The maximum atomic E-state index is 5.78. The summed E-state index contributed by atoms with van der Waals surface area (Å²) in [4.78, 5) is 6.99. The lowest BCUT2D eigenvalue weighted by atomic mass is 10.3. The number of nitrogens with two attached hydrogens (primary N) is 1. The van der Waals surface area contributed by atoms with E-state index in [2.05, 4.69) is 43.2 Å². The van der Waals surface area contributed by atoms with Crippen LogP contribution in [0.15, 0.2) is 17.1 Å². The average Bonchev–Trinajstić information content (AvgIpc) is 2.74. The van der Waals surface area contributed by atoms with Crippen LogP contribution in [0.3, 0.4) is 0 Å². The van der Waals surface area contributed by atoms with Gasteiger partial charge < -0.3 is 11.1 Å². The molecule has 1 unspecified atom stereocenters. The normalized spacial score (nSPS) is 13.8. The van der Waals surface area contributed by atoms with E-state index in [-0.39, 0.29) is 0 Å². The third-order valence-corrected chi connectivity index (χ3v) is 3.69. The number of aliphatic imine (C=N–C) groups is 1. The van der Waals surface area contributed by atoms with Crippen molar-refractivity contribution in [2.45, 2.75) is 46.2 Å². The van der Waals surface area contributed by atoms with Crippen LogP contribution in [0, 0.1) is 0 Å². The maximum Gasteiger partial charge on any atom is 0.189 e. The van der Waals surface area contributed by atoms with Gasteiger partial charge in [-0.3, -0.25) is 0 Å². The van der Waals surface area contributed by atoms with Crippen LogP contribution in [0.5, 0.6) is 0 Å². The molecule has 0 amide bonds. The minimum Gasteiger partial charge on any atom is -0.370 e. The summed E-state index contributed by atoms with van der Waals surface area (Å²) in [5.41, 5.74) is 5.78. The van der Waals surface area contributed by atoms with Gasteiger partial charge in [-0.1, -0.05) is 13.8 Å². The fourth-order valence-electron chi connectivity index (χ4n) is 1.26. The highest BCUT2D eigenvalue weighted by Gasteiger charge is 2.00. The molecule has 3 N–H and O–H groups in total. The molecule has 1 atom stereocenters. The maximum absolute atomic E-state index is 5.78. The van der Waals surface area contributed by atoms with Crippen molar-refractivity contribution in [3.8, 4) is 0 Å². The molecule has 0 saturated heterocycles. The summed E-state index contributed by atoms with van der Waals surface area (Å²) in [7, 11) is 0. The Kier molecular flexibility index (Phi) is 5.32. The van der Waals surface area contributed by atoms with Crippen molar-refractivity contribution >= 4 is 17.3 Å². The van der Waals surface area contributed by atoms with Crippen LogP contribution >= 0.6 is 11.3 Å². The number of aryl methyl sites for hydroxylation is 1. The molecule has 0 bridgehead atoms. The van der Waals surface area contributed by atoms with Crippen LogP contribution in [0.2, 0.25) is 0 Å². The van der Waals surface area contributed by atoms with Crippen molar-refractivity contribution in [2.24, 2.45) is 10.7 Å². The van der Waals surface area contributed by atoms with E-state index < -0.39 is 0 Å². The lowest BCUT2D eigenvalue weighted by Crippen LogP contribution is -2.37. The molecule has 1 heterocycles. The first kappa shape index (κ1) is 13.0. The summed E-state index contributed by atoms with van der Waals surface area (Å²) in [5.74, 6) is 0.542. The van der Waals surface area contributed by atoms with Gasteiger partial charge in [-0.25, -0.2) is 4.99 Å². The average molecular weight is 239 g/mol. The van der Waals surface area contributed by atoms with E-state index in [1.54, 1.807) is 0 Å². The summed E-state index contributed by atoms with van der Waals surface area (Å²) in [5, 5.41) is 3.15. The number of hydrogen-bond acceptors (Lipinski definition) is 2. The second-order valence-corrected chi connectivity index (χ2v) is 5.13. The molecular weight excluding hydrogens is 218 g/mol. The monoisotopic (exact) mass is 239 g/mol. The van der Waals surface area contributed by atoms with Crippen molar-refractivity contribution < 1.29 is 0 Å². The van der Waals surface area contributed by atoms with Crippen molar-refractivity contribution in [3.05, 3.63) is 21.9 Å². The first-order chi connectivity index (χ1) is 7.65. The van der Waals surface area contributed by atoms with Gasteiger partial charge in [0.2, 0.25) is 0 Å². The van der Waals surface area contributed by atoms with Crippen LogP contribution in [0.25, 0.3) is 0 Å². The minimum absolute atomic E-state index is 0.387. The summed E-state index contributed by atoms with van der Waals surface area (Å²) in [6, 6.07) is 4.68. The number of thiophene rings is 1. The van der Waals surface area contributed by atoms with Crippen LogP contribution in [0.4, 0.5) is 0 Å². The zero-order valence-corrected chi connectivity index (χ0v) is 11.1. The summed E-state index contributed by atoms with van der Waals surface area (Å²) < 4.78 is 0. The largest absolute Gasteiger partial charge is 0.370 e. The number of hydrogen-bond donors (Lipinski definition) is 2. The molecule has 16 heavy (non-hydrogen) atoms. The lowest BCUT2D eigenvalue weighted by Gasteiger charge is -2.11. The zero-order valence-electron chi connectivity index (χ0n) is 10.3. The van der Waals surface area contributed by atoms with Crippen LogP contribution < -0.4 is 11.1 Å². The Morgan fingerprint density at radius 2 is 2.12 bits per heavy atom. The molecule has 3 nitrogen and oxygen atoms in total. The number of rotatable bonds is 5. The molecule has 0 aromatic carbocycles. The van der Waals surface area contributed by atoms with E-state index in [1.165, 1.54) is 9.75 Å². The molecule has 0 aliphatic carbocycles. The molecule has 1 aromatic rings. The molecule has 1 aromatic heterocycles. The Bertz CT molecular complexity index is 344. The zero-order chi connectivity index (χ0) is 12.0. The van der Waals surface area contributed by atoms with Gasteiger partial charge in [0.25, 0.3) is 0 Å². The topological polar surface area (TPSA) is 50.4 Å². The molecule has 90 valence electrons. The predicted octanol–water partition coefficient (Wildman–Crippen LogP) is 2.51. The van der Waals surface area contributed by atoms with Crippen LogP contribution in [-0.2, 0) is 13.0 Å². The van der Waals surface area contributed by atoms with Crippen molar-refractivity contribution in [1.29, 1.82) is 0 Å². The molecule has 0 aliphatic heterocycles. The second kappa shape index (κ2) is 6.53. The minimum atomic E-state index is 0.387. The van der Waals surface area contributed by atoms with Gasteiger partial charge in [0, 0.05) is 15.8 Å². The Balaban J connectivity index is 2.45. The van der Waals surface area contributed by atoms with E-state index in [0.29, 0.717) is 18.5 Å². The van der Waals surface area contributed by atoms with E-state index in [9.17, 15) is 0 Å². The quantitative estimate of drug-likeness (QED) is 0.613. The van der Waals surface area contributed by atoms with Gasteiger partial charge in [-0.15, -0.1) is 11.3 Å². The highest BCUT2D eigenvalue weighted by Crippen LogP contribution is 2.17. The SMILES string of the molecule is CCc1ccc(CN=C(N)NC(C)CC)s1.